The van der Waals surface area contributed by atoms with Gasteiger partial charge in [-0.15, -0.1) is 0 Å². The van der Waals surface area contributed by atoms with Gasteiger partial charge in [0.25, 0.3) is 0 Å². The van der Waals surface area contributed by atoms with Gasteiger partial charge in [-0.1, -0.05) is 0 Å². The average Bonchev–Trinajstić information content (AvgIpc) is 2.58. The fraction of sp³-hybridized carbons (Fsp3) is 0.333. The number of carbonyl (C=O) groups excluding carboxylic acids is 2. The number of carbonyl (C=O) groups is 2. The summed E-state index contributed by atoms with van der Waals surface area (Å²) in [6, 6.07) is 3.19. The number of hydrogen-bond donors (Lipinski definition) is 0. The highest BCUT2D eigenvalue weighted by Gasteiger charge is 2.33. The van der Waals surface area contributed by atoms with Crippen LogP contribution in [0.1, 0.15) is 0 Å². The van der Waals surface area contributed by atoms with Crippen molar-refractivity contribution in [2.75, 3.05) is 38.7 Å². The van der Waals surface area contributed by atoms with E-state index >= 15 is 0 Å². The third kappa shape index (κ3) is 3.80. The fourth-order valence-corrected chi connectivity index (χ4v) is 2.90. The van der Waals surface area contributed by atoms with Gasteiger partial charge in [-0.25, -0.2) is 22.4 Å². The molecule has 0 saturated carbocycles. The number of nitrogens with zero attached hydrogens (tertiary/aromatic N) is 1. The highest BCUT2D eigenvalue weighted by Crippen LogP contribution is 2.30. The minimum absolute atomic E-state index is 0.132. The average molecular weight is 373 g/mol. The molecule has 1 aromatic rings. The van der Waals surface area contributed by atoms with Crippen LogP contribution >= 0.6 is 0 Å². The molecule has 0 aromatic heterocycles. The van der Waals surface area contributed by atoms with E-state index in [-0.39, 0.29) is 35.2 Å². The van der Waals surface area contributed by atoms with Crippen molar-refractivity contribution in [3.63, 3.8) is 0 Å². The number of hydrogen-bond acceptors (Lipinski definition) is 8. The van der Waals surface area contributed by atoms with Crippen LogP contribution in [0.5, 0.6) is 0 Å². The van der Waals surface area contributed by atoms with Crippen LogP contribution in [-0.4, -0.2) is 54.2 Å². The number of esters is 2. The number of anilines is 1. The molecule has 0 amide bonds. The van der Waals surface area contributed by atoms with Crippen LogP contribution in [0.3, 0.4) is 0 Å². The van der Waals surface area contributed by atoms with Gasteiger partial charge in [0.2, 0.25) is 0 Å². The van der Waals surface area contributed by atoms with E-state index in [4.69, 9.17) is 4.74 Å². The summed E-state index contributed by atoms with van der Waals surface area (Å²) in [7, 11) is -1.36. The third-order valence-corrected chi connectivity index (χ3v) is 4.58. The van der Waals surface area contributed by atoms with Crippen LogP contribution in [0, 0.1) is 5.82 Å². The Morgan fingerprint density at radius 2 is 1.84 bits per heavy atom. The zero-order valence-corrected chi connectivity index (χ0v) is 14.6. The van der Waals surface area contributed by atoms with Gasteiger partial charge in [0.15, 0.2) is 9.84 Å². The summed E-state index contributed by atoms with van der Waals surface area (Å²) in [5, 5.41) is 0. The third-order valence-electron chi connectivity index (χ3n) is 3.47. The first-order chi connectivity index (χ1) is 11.7. The molecule has 0 fully saturated rings. The van der Waals surface area contributed by atoms with Gasteiger partial charge < -0.3 is 19.1 Å². The Labute approximate surface area is 143 Å². The van der Waals surface area contributed by atoms with Gasteiger partial charge in [-0.2, -0.15) is 0 Å². The molecule has 0 aliphatic carbocycles. The fourth-order valence-electron chi connectivity index (χ4n) is 2.27. The molecule has 8 nitrogen and oxygen atoms in total. The van der Waals surface area contributed by atoms with Gasteiger partial charge in [-0.3, -0.25) is 0 Å². The lowest BCUT2D eigenvalue weighted by Gasteiger charge is -2.31. The van der Waals surface area contributed by atoms with Crippen LogP contribution in [0.25, 0.3) is 0 Å². The first-order valence-electron chi connectivity index (χ1n) is 6.95. The predicted molar refractivity (Wildman–Crippen MR) is 83.9 cm³/mol. The number of sulfone groups is 1. The molecular formula is C15H16FNO7S. The van der Waals surface area contributed by atoms with Crippen molar-refractivity contribution >= 4 is 27.5 Å². The SMILES string of the molecule is COC(=O)C1=C(C(=O)OC)N(c2ccc(S(C)(=O)=O)cc2F)COC1. The maximum atomic E-state index is 14.5. The number of benzene rings is 1. The maximum absolute atomic E-state index is 14.5. The summed E-state index contributed by atoms with van der Waals surface area (Å²) in [5.41, 5.74) is -0.507. The second-order valence-electron chi connectivity index (χ2n) is 5.10. The van der Waals surface area contributed by atoms with Crippen molar-refractivity contribution in [1.82, 2.24) is 0 Å². The first kappa shape index (κ1) is 18.9. The van der Waals surface area contributed by atoms with Gasteiger partial charge in [-0.05, 0) is 18.2 Å². The molecule has 1 aliphatic rings. The minimum atomic E-state index is -3.60. The van der Waals surface area contributed by atoms with Gasteiger partial charge in [0.1, 0.15) is 18.2 Å². The molecule has 1 aromatic carbocycles. The van der Waals surface area contributed by atoms with Crippen molar-refractivity contribution < 1.29 is 36.6 Å². The second-order valence-corrected chi connectivity index (χ2v) is 7.12. The lowest BCUT2D eigenvalue weighted by Crippen LogP contribution is -2.39. The van der Waals surface area contributed by atoms with Crippen LogP contribution < -0.4 is 4.90 Å². The number of halogens is 1. The summed E-state index contributed by atoms with van der Waals surface area (Å²) >= 11 is 0. The zero-order valence-electron chi connectivity index (χ0n) is 13.7. The van der Waals surface area contributed by atoms with Crippen molar-refractivity contribution in [2.45, 2.75) is 4.90 Å². The van der Waals surface area contributed by atoms with E-state index in [1.165, 1.54) is 12.1 Å². The molecule has 1 aliphatic heterocycles. The van der Waals surface area contributed by atoms with Gasteiger partial charge in [0, 0.05) is 6.26 Å². The molecule has 10 heteroatoms. The predicted octanol–water partition coefficient (Wildman–Crippen LogP) is 0.623. The molecule has 0 N–H and O–H groups in total. The Morgan fingerprint density at radius 3 is 2.36 bits per heavy atom. The zero-order chi connectivity index (χ0) is 18.8. The van der Waals surface area contributed by atoms with E-state index in [2.05, 4.69) is 9.47 Å². The Bertz CT molecular complexity index is 847. The lowest BCUT2D eigenvalue weighted by atomic mass is 10.1. The van der Waals surface area contributed by atoms with E-state index in [1.54, 1.807) is 0 Å². The highest BCUT2D eigenvalue weighted by atomic mass is 32.2. The molecular weight excluding hydrogens is 357 g/mol. The number of rotatable bonds is 4. The van der Waals surface area contributed by atoms with E-state index in [0.29, 0.717) is 0 Å². The second kappa shape index (κ2) is 7.19. The van der Waals surface area contributed by atoms with Crippen LogP contribution in [0.2, 0.25) is 0 Å². The van der Waals surface area contributed by atoms with E-state index in [1.807, 2.05) is 0 Å². The molecule has 0 spiro atoms. The van der Waals surface area contributed by atoms with E-state index in [0.717, 1.165) is 31.4 Å². The smallest absolute Gasteiger partial charge is 0.355 e. The minimum Gasteiger partial charge on any atom is -0.466 e. The Balaban J connectivity index is 2.60. The normalized spacial score (nSPS) is 15.1. The van der Waals surface area contributed by atoms with E-state index < -0.39 is 27.6 Å². The molecule has 1 heterocycles. The summed E-state index contributed by atoms with van der Waals surface area (Å²) < 4.78 is 52.0. The Morgan fingerprint density at radius 1 is 1.20 bits per heavy atom. The molecule has 2 rings (SSSR count). The standard InChI is InChI=1S/C15H16FNO7S/c1-22-14(18)10-7-24-8-17(13(10)15(19)23-2)12-5-4-9(6-11(12)16)25(3,20)21/h4-6H,7-8H2,1-3H3. The Kier molecular flexibility index (Phi) is 5.43. The van der Waals surface area contributed by atoms with Crippen LogP contribution in [-0.2, 0) is 33.6 Å². The Hall–Kier alpha value is -2.46. The van der Waals surface area contributed by atoms with Gasteiger partial charge in [0.05, 0.1) is 37.0 Å². The van der Waals surface area contributed by atoms with Crippen molar-refractivity contribution in [1.29, 1.82) is 0 Å². The number of ether oxygens (including phenoxy) is 3. The quantitative estimate of drug-likeness (QED) is 0.709. The summed E-state index contributed by atoms with van der Waals surface area (Å²) in [4.78, 5) is 24.9. The topological polar surface area (TPSA) is 99.2 Å². The van der Waals surface area contributed by atoms with Gasteiger partial charge >= 0.3 is 11.9 Å². The van der Waals surface area contributed by atoms with Crippen molar-refractivity contribution in [3.8, 4) is 0 Å². The van der Waals surface area contributed by atoms with Crippen LogP contribution in [0.15, 0.2) is 34.4 Å². The monoisotopic (exact) mass is 373 g/mol. The van der Waals surface area contributed by atoms with Crippen LogP contribution in [0.4, 0.5) is 10.1 Å². The highest BCUT2D eigenvalue weighted by molar-refractivity contribution is 7.90. The largest absolute Gasteiger partial charge is 0.466 e. The first-order valence-corrected chi connectivity index (χ1v) is 8.84. The molecule has 0 unspecified atom stereocenters. The molecule has 0 bridgehead atoms. The molecule has 136 valence electrons. The molecule has 0 atom stereocenters. The van der Waals surface area contributed by atoms with Crippen molar-refractivity contribution in [3.05, 3.63) is 35.3 Å². The molecule has 0 radical (unpaired) electrons. The molecule has 0 saturated heterocycles. The maximum Gasteiger partial charge on any atom is 0.355 e. The van der Waals surface area contributed by atoms with Crippen molar-refractivity contribution in [2.24, 2.45) is 0 Å². The summed E-state index contributed by atoms with van der Waals surface area (Å²) in [5.74, 6) is -2.60. The molecule has 25 heavy (non-hydrogen) atoms. The lowest BCUT2D eigenvalue weighted by molar-refractivity contribution is -0.140. The van der Waals surface area contributed by atoms with E-state index in [9.17, 15) is 22.4 Å². The number of methoxy groups -OCH3 is 2. The summed E-state index contributed by atoms with van der Waals surface area (Å²) in [6.07, 6.45) is 0.945. The summed E-state index contributed by atoms with van der Waals surface area (Å²) in [6.45, 7) is -0.448.